The van der Waals surface area contributed by atoms with Gasteiger partial charge in [-0.25, -0.2) is 9.37 Å². The third kappa shape index (κ3) is 4.87. The molecule has 150 valence electrons. The Morgan fingerprint density at radius 3 is 2.60 bits per heavy atom. The molecule has 0 aliphatic heterocycles. The van der Waals surface area contributed by atoms with Crippen LogP contribution in [0, 0.1) is 5.82 Å². The van der Waals surface area contributed by atoms with Gasteiger partial charge in [0.1, 0.15) is 28.1 Å². The molecule has 5 nitrogen and oxygen atoms in total. The lowest BCUT2D eigenvalue weighted by Gasteiger charge is -2.08. The molecule has 0 bridgehead atoms. The van der Waals surface area contributed by atoms with E-state index in [1.165, 1.54) is 12.3 Å². The van der Waals surface area contributed by atoms with Gasteiger partial charge in [-0.05, 0) is 35.9 Å². The molecule has 0 aliphatic rings. The summed E-state index contributed by atoms with van der Waals surface area (Å²) in [7, 11) is 0. The highest BCUT2D eigenvalue weighted by Crippen LogP contribution is 2.27. The largest absolute Gasteiger partial charge is 0.489 e. The summed E-state index contributed by atoms with van der Waals surface area (Å²) in [6.07, 6.45) is 4.96. The summed E-state index contributed by atoms with van der Waals surface area (Å²) in [5.41, 5.74) is 2.33. The number of thiazole rings is 1. The Morgan fingerprint density at radius 1 is 1.00 bits per heavy atom. The summed E-state index contributed by atoms with van der Waals surface area (Å²) in [5, 5.41) is 3.34. The first-order valence-corrected chi connectivity index (χ1v) is 10.1. The van der Waals surface area contributed by atoms with E-state index in [1.54, 1.807) is 30.6 Å². The molecule has 1 N–H and O–H groups in total. The van der Waals surface area contributed by atoms with E-state index in [2.05, 4.69) is 15.3 Å². The average molecular weight is 419 g/mol. The zero-order chi connectivity index (χ0) is 20.8. The monoisotopic (exact) mass is 419 g/mol. The smallest absolute Gasteiger partial charge is 0.263 e. The van der Waals surface area contributed by atoms with Crippen molar-refractivity contribution in [3.05, 3.63) is 101 Å². The predicted octanol–water partition coefficient (Wildman–Crippen LogP) is 4.85. The van der Waals surface area contributed by atoms with Crippen molar-refractivity contribution in [3.8, 4) is 16.3 Å². The molecule has 4 aromatic rings. The molecule has 7 heteroatoms. The van der Waals surface area contributed by atoms with Crippen LogP contribution in [0.3, 0.4) is 0 Å². The molecule has 0 radical (unpaired) electrons. The molecule has 2 heterocycles. The van der Waals surface area contributed by atoms with E-state index in [0.717, 1.165) is 28.2 Å². The van der Waals surface area contributed by atoms with Gasteiger partial charge in [-0.1, -0.05) is 30.3 Å². The number of carbonyl (C=O) groups is 1. The number of hydrogen-bond donors (Lipinski definition) is 1. The molecule has 0 unspecified atom stereocenters. The minimum absolute atomic E-state index is 0.244. The van der Waals surface area contributed by atoms with Gasteiger partial charge in [0.2, 0.25) is 0 Å². The molecule has 0 saturated heterocycles. The first-order chi connectivity index (χ1) is 14.7. The van der Waals surface area contributed by atoms with E-state index in [1.807, 2.05) is 36.4 Å². The molecule has 0 saturated carbocycles. The lowest BCUT2D eigenvalue weighted by molar-refractivity contribution is 0.0954. The van der Waals surface area contributed by atoms with Crippen molar-refractivity contribution in [2.75, 3.05) is 0 Å². The minimum Gasteiger partial charge on any atom is -0.489 e. The second-order valence-electron chi connectivity index (χ2n) is 6.49. The van der Waals surface area contributed by atoms with Crippen molar-refractivity contribution in [1.82, 2.24) is 15.3 Å². The van der Waals surface area contributed by atoms with Crippen LogP contribution in [0.1, 0.15) is 20.8 Å². The van der Waals surface area contributed by atoms with Crippen LogP contribution in [0.25, 0.3) is 10.6 Å². The number of rotatable bonds is 7. The van der Waals surface area contributed by atoms with Gasteiger partial charge in [-0.3, -0.25) is 9.78 Å². The molecular weight excluding hydrogens is 401 g/mol. The van der Waals surface area contributed by atoms with Gasteiger partial charge in [0.05, 0.1) is 6.20 Å². The van der Waals surface area contributed by atoms with Gasteiger partial charge in [0.15, 0.2) is 0 Å². The van der Waals surface area contributed by atoms with E-state index < -0.39 is 0 Å². The SMILES string of the molecule is O=C(NCc1ccc(OCc2cccnc2)cc1)c1cnc(-c2ccccc2F)s1. The van der Waals surface area contributed by atoms with Crippen molar-refractivity contribution in [2.45, 2.75) is 13.2 Å². The lowest BCUT2D eigenvalue weighted by Crippen LogP contribution is -2.21. The number of amides is 1. The fourth-order valence-corrected chi connectivity index (χ4v) is 3.62. The van der Waals surface area contributed by atoms with Crippen LogP contribution >= 0.6 is 11.3 Å². The Morgan fingerprint density at radius 2 is 1.83 bits per heavy atom. The molecule has 2 aromatic carbocycles. The van der Waals surface area contributed by atoms with Crippen LogP contribution < -0.4 is 10.1 Å². The molecule has 0 atom stereocenters. The van der Waals surface area contributed by atoms with Gasteiger partial charge in [0, 0.05) is 30.1 Å². The first-order valence-electron chi connectivity index (χ1n) is 9.28. The second-order valence-corrected chi connectivity index (χ2v) is 7.52. The normalized spacial score (nSPS) is 10.6. The summed E-state index contributed by atoms with van der Waals surface area (Å²) >= 11 is 1.16. The number of benzene rings is 2. The fraction of sp³-hybridized carbons (Fsp3) is 0.0870. The van der Waals surface area contributed by atoms with Gasteiger partial charge >= 0.3 is 0 Å². The molecule has 0 fully saturated rings. The first kappa shape index (κ1) is 19.7. The van der Waals surface area contributed by atoms with E-state index in [-0.39, 0.29) is 11.7 Å². The van der Waals surface area contributed by atoms with Crippen LogP contribution in [-0.4, -0.2) is 15.9 Å². The van der Waals surface area contributed by atoms with Crippen LogP contribution in [0.4, 0.5) is 4.39 Å². The van der Waals surface area contributed by atoms with Crippen LogP contribution in [-0.2, 0) is 13.2 Å². The van der Waals surface area contributed by atoms with Gasteiger partial charge in [-0.15, -0.1) is 11.3 Å². The van der Waals surface area contributed by atoms with E-state index >= 15 is 0 Å². The zero-order valence-corrected chi connectivity index (χ0v) is 16.7. The van der Waals surface area contributed by atoms with Gasteiger partial charge < -0.3 is 10.1 Å². The highest BCUT2D eigenvalue weighted by molar-refractivity contribution is 7.16. The quantitative estimate of drug-likeness (QED) is 0.465. The molecule has 2 aromatic heterocycles. The summed E-state index contributed by atoms with van der Waals surface area (Å²) in [4.78, 5) is 21.1. The Labute approximate surface area is 177 Å². The number of hydrogen-bond acceptors (Lipinski definition) is 5. The molecule has 1 amide bonds. The highest BCUT2D eigenvalue weighted by Gasteiger charge is 2.13. The Kier molecular flexibility index (Phi) is 6.10. The third-order valence-corrected chi connectivity index (χ3v) is 5.37. The maximum absolute atomic E-state index is 13.9. The zero-order valence-electron chi connectivity index (χ0n) is 15.9. The topological polar surface area (TPSA) is 64.1 Å². The summed E-state index contributed by atoms with van der Waals surface area (Å²) < 4.78 is 19.6. The third-order valence-electron chi connectivity index (χ3n) is 4.34. The standard InChI is InChI=1S/C23H18FN3O2S/c24-20-6-2-1-5-19(20)23-27-14-21(30-23)22(28)26-13-16-7-9-18(10-8-16)29-15-17-4-3-11-25-12-17/h1-12,14H,13,15H2,(H,26,28). The predicted molar refractivity (Wildman–Crippen MR) is 114 cm³/mol. The van der Waals surface area contributed by atoms with Crippen molar-refractivity contribution in [1.29, 1.82) is 0 Å². The number of nitrogens with zero attached hydrogens (tertiary/aromatic N) is 2. The minimum atomic E-state index is -0.357. The lowest BCUT2D eigenvalue weighted by atomic mass is 10.2. The average Bonchev–Trinajstić information content (AvgIpc) is 3.28. The van der Waals surface area contributed by atoms with E-state index in [4.69, 9.17) is 4.74 Å². The molecule has 0 aliphatic carbocycles. The Bertz CT molecular complexity index is 1130. The number of halogens is 1. The summed E-state index contributed by atoms with van der Waals surface area (Å²) in [6, 6.07) is 17.7. The van der Waals surface area contributed by atoms with Crippen LogP contribution in [0.2, 0.25) is 0 Å². The maximum Gasteiger partial charge on any atom is 0.263 e. The summed E-state index contributed by atoms with van der Waals surface area (Å²) in [6.45, 7) is 0.814. The Hall–Kier alpha value is -3.58. The van der Waals surface area contributed by atoms with Crippen LogP contribution in [0.15, 0.2) is 79.3 Å². The highest BCUT2D eigenvalue weighted by atomic mass is 32.1. The number of nitrogens with one attached hydrogen (secondary N) is 1. The van der Waals surface area contributed by atoms with Crippen molar-refractivity contribution < 1.29 is 13.9 Å². The number of pyridine rings is 1. The van der Waals surface area contributed by atoms with Crippen molar-refractivity contribution in [3.63, 3.8) is 0 Å². The number of carbonyl (C=O) groups excluding carboxylic acids is 1. The van der Waals surface area contributed by atoms with Crippen LogP contribution in [0.5, 0.6) is 5.75 Å². The van der Waals surface area contributed by atoms with Gasteiger partial charge in [0.25, 0.3) is 5.91 Å². The van der Waals surface area contributed by atoms with E-state index in [0.29, 0.717) is 28.6 Å². The maximum atomic E-state index is 13.9. The second kappa shape index (κ2) is 9.28. The Balaban J connectivity index is 1.31. The number of ether oxygens (including phenoxy) is 1. The molecule has 0 spiro atoms. The summed E-state index contributed by atoms with van der Waals surface area (Å²) in [5.74, 6) is 0.141. The molecule has 4 rings (SSSR count). The van der Waals surface area contributed by atoms with Crippen molar-refractivity contribution >= 4 is 17.2 Å². The molecule has 30 heavy (non-hydrogen) atoms. The van der Waals surface area contributed by atoms with Gasteiger partial charge in [-0.2, -0.15) is 0 Å². The fourth-order valence-electron chi connectivity index (χ4n) is 2.76. The van der Waals surface area contributed by atoms with Crippen molar-refractivity contribution in [2.24, 2.45) is 0 Å². The number of aromatic nitrogens is 2. The molecular formula is C23H18FN3O2S. The van der Waals surface area contributed by atoms with E-state index in [9.17, 15) is 9.18 Å².